The minimum absolute atomic E-state index is 0.268. The third-order valence-corrected chi connectivity index (χ3v) is 6.49. The van der Waals surface area contributed by atoms with Crippen molar-refractivity contribution in [3.63, 3.8) is 0 Å². The molecule has 1 fully saturated rings. The predicted octanol–water partition coefficient (Wildman–Crippen LogP) is 1.16. The SMILES string of the molecule is CN=C(NCc1cccc(S(=O)(=O)NC)c1)NCC1CCCS1. The van der Waals surface area contributed by atoms with Crippen LogP contribution in [-0.2, 0) is 16.6 Å². The maximum absolute atomic E-state index is 11.8. The van der Waals surface area contributed by atoms with E-state index in [-0.39, 0.29) is 4.90 Å². The fraction of sp³-hybridized carbons (Fsp3) is 0.533. The second-order valence-electron chi connectivity index (χ2n) is 5.30. The van der Waals surface area contributed by atoms with Gasteiger partial charge in [-0.2, -0.15) is 11.8 Å². The molecule has 1 aliphatic heterocycles. The molecule has 1 aromatic carbocycles. The monoisotopic (exact) mass is 356 g/mol. The van der Waals surface area contributed by atoms with Gasteiger partial charge in [-0.15, -0.1) is 0 Å². The van der Waals surface area contributed by atoms with Gasteiger partial charge in [0.25, 0.3) is 0 Å². The molecule has 1 aromatic rings. The molecule has 1 heterocycles. The van der Waals surface area contributed by atoms with Crippen molar-refractivity contribution < 1.29 is 8.42 Å². The molecular formula is C15H24N4O2S2. The Hall–Kier alpha value is -1.25. The Bertz CT molecular complexity index is 641. The van der Waals surface area contributed by atoms with Crippen LogP contribution in [0.2, 0.25) is 0 Å². The molecule has 1 unspecified atom stereocenters. The zero-order valence-corrected chi connectivity index (χ0v) is 15.1. The molecule has 0 amide bonds. The Kier molecular flexibility index (Phi) is 6.73. The molecule has 1 saturated heterocycles. The van der Waals surface area contributed by atoms with Crippen LogP contribution in [0.15, 0.2) is 34.2 Å². The van der Waals surface area contributed by atoms with E-state index in [2.05, 4.69) is 20.3 Å². The maximum atomic E-state index is 11.8. The lowest BCUT2D eigenvalue weighted by atomic mass is 10.2. The average molecular weight is 357 g/mol. The molecule has 0 spiro atoms. The minimum atomic E-state index is -3.41. The molecular weight excluding hydrogens is 332 g/mol. The Morgan fingerprint density at radius 1 is 1.39 bits per heavy atom. The van der Waals surface area contributed by atoms with E-state index in [9.17, 15) is 8.42 Å². The Morgan fingerprint density at radius 3 is 2.87 bits per heavy atom. The normalized spacial score (nSPS) is 18.9. The number of guanidine groups is 1. The smallest absolute Gasteiger partial charge is 0.240 e. The van der Waals surface area contributed by atoms with Crippen LogP contribution >= 0.6 is 11.8 Å². The number of thioether (sulfide) groups is 1. The summed E-state index contributed by atoms with van der Waals surface area (Å²) in [6, 6.07) is 6.88. The van der Waals surface area contributed by atoms with E-state index in [1.165, 1.54) is 25.6 Å². The summed E-state index contributed by atoms with van der Waals surface area (Å²) in [7, 11) is -0.268. The number of hydrogen-bond acceptors (Lipinski definition) is 4. The number of nitrogens with zero attached hydrogens (tertiary/aromatic N) is 1. The van der Waals surface area contributed by atoms with Crippen molar-refractivity contribution in [3.8, 4) is 0 Å². The highest BCUT2D eigenvalue weighted by Crippen LogP contribution is 2.25. The fourth-order valence-electron chi connectivity index (χ4n) is 2.36. The summed E-state index contributed by atoms with van der Waals surface area (Å²) >= 11 is 2.00. The van der Waals surface area contributed by atoms with Crippen molar-refractivity contribution in [2.75, 3.05) is 26.4 Å². The summed E-state index contributed by atoms with van der Waals surface area (Å²) in [4.78, 5) is 4.47. The van der Waals surface area contributed by atoms with Crippen LogP contribution in [0, 0.1) is 0 Å². The van der Waals surface area contributed by atoms with Crippen molar-refractivity contribution in [2.24, 2.45) is 4.99 Å². The number of aliphatic imine (C=N–C) groups is 1. The molecule has 1 aliphatic rings. The van der Waals surface area contributed by atoms with Crippen LogP contribution in [-0.4, -0.2) is 46.0 Å². The van der Waals surface area contributed by atoms with Gasteiger partial charge in [0.05, 0.1) is 4.90 Å². The van der Waals surface area contributed by atoms with Gasteiger partial charge in [-0.05, 0) is 43.3 Å². The number of benzene rings is 1. The van der Waals surface area contributed by atoms with Crippen molar-refractivity contribution >= 4 is 27.7 Å². The average Bonchev–Trinajstić information content (AvgIpc) is 3.09. The Morgan fingerprint density at radius 2 is 2.22 bits per heavy atom. The molecule has 0 saturated carbocycles. The van der Waals surface area contributed by atoms with E-state index in [4.69, 9.17) is 0 Å². The summed E-state index contributed by atoms with van der Waals surface area (Å²) in [5.74, 6) is 1.98. The molecule has 128 valence electrons. The Balaban J connectivity index is 1.90. The highest BCUT2D eigenvalue weighted by atomic mass is 32.2. The van der Waals surface area contributed by atoms with Crippen LogP contribution in [0.4, 0.5) is 0 Å². The van der Waals surface area contributed by atoms with E-state index in [1.54, 1.807) is 25.2 Å². The lowest BCUT2D eigenvalue weighted by Crippen LogP contribution is -2.39. The van der Waals surface area contributed by atoms with Crippen LogP contribution in [0.3, 0.4) is 0 Å². The van der Waals surface area contributed by atoms with Gasteiger partial charge in [0, 0.05) is 25.4 Å². The van der Waals surface area contributed by atoms with Gasteiger partial charge in [0.15, 0.2) is 5.96 Å². The number of rotatable bonds is 6. The Labute approximate surface area is 142 Å². The number of hydrogen-bond donors (Lipinski definition) is 3. The first-order valence-corrected chi connectivity index (χ1v) is 10.2. The summed E-state index contributed by atoms with van der Waals surface area (Å²) in [6.07, 6.45) is 2.54. The van der Waals surface area contributed by atoms with E-state index in [0.717, 1.165) is 18.1 Å². The molecule has 8 heteroatoms. The molecule has 0 aliphatic carbocycles. The molecule has 0 aromatic heterocycles. The van der Waals surface area contributed by atoms with Crippen LogP contribution in [0.5, 0.6) is 0 Å². The van der Waals surface area contributed by atoms with Gasteiger partial charge in [0.1, 0.15) is 0 Å². The van der Waals surface area contributed by atoms with Crippen molar-refractivity contribution in [1.82, 2.24) is 15.4 Å². The molecule has 1 atom stereocenters. The van der Waals surface area contributed by atoms with Gasteiger partial charge in [-0.25, -0.2) is 13.1 Å². The predicted molar refractivity (Wildman–Crippen MR) is 96.4 cm³/mol. The molecule has 2 rings (SSSR count). The van der Waals surface area contributed by atoms with Gasteiger partial charge in [-0.1, -0.05) is 12.1 Å². The van der Waals surface area contributed by atoms with Gasteiger partial charge in [-0.3, -0.25) is 4.99 Å². The third kappa shape index (κ3) is 5.40. The second kappa shape index (κ2) is 8.56. The van der Waals surface area contributed by atoms with E-state index in [0.29, 0.717) is 11.8 Å². The topological polar surface area (TPSA) is 82.6 Å². The highest BCUT2D eigenvalue weighted by Gasteiger charge is 2.15. The summed E-state index contributed by atoms with van der Waals surface area (Å²) < 4.78 is 26.0. The third-order valence-electron chi connectivity index (χ3n) is 3.68. The van der Waals surface area contributed by atoms with Crippen molar-refractivity contribution in [2.45, 2.75) is 29.5 Å². The fourth-order valence-corrected chi connectivity index (χ4v) is 4.36. The highest BCUT2D eigenvalue weighted by molar-refractivity contribution is 8.00. The lowest BCUT2D eigenvalue weighted by molar-refractivity contribution is 0.588. The second-order valence-corrected chi connectivity index (χ2v) is 8.59. The number of sulfonamides is 1. The van der Waals surface area contributed by atoms with Gasteiger partial charge >= 0.3 is 0 Å². The van der Waals surface area contributed by atoms with Crippen molar-refractivity contribution in [3.05, 3.63) is 29.8 Å². The maximum Gasteiger partial charge on any atom is 0.240 e. The first kappa shape index (κ1) is 18.1. The minimum Gasteiger partial charge on any atom is -0.355 e. The van der Waals surface area contributed by atoms with Gasteiger partial charge < -0.3 is 10.6 Å². The standard InChI is InChI=1S/C15H24N4O2S2/c1-16-15(19-11-13-6-4-8-22-13)18-10-12-5-3-7-14(9-12)23(20,21)17-2/h3,5,7,9,13,17H,4,6,8,10-11H2,1-2H3,(H2,16,18,19). The molecule has 6 nitrogen and oxygen atoms in total. The largest absolute Gasteiger partial charge is 0.355 e. The zero-order valence-electron chi connectivity index (χ0n) is 13.5. The zero-order chi connectivity index (χ0) is 16.7. The first-order valence-electron chi connectivity index (χ1n) is 7.64. The quantitative estimate of drug-likeness (QED) is 0.526. The summed E-state index contributed by atoms with van der Waals surface area (Å²) in [6.45, 7) is 1.42. The summed E-state index contributed by atoms with van der Waals surface area (Å²) in [5.41, 5.74) is 0.888. The molecule has 3 N–H and O–H groups in total. The molecule has 23 heavy (non-hydrogen) atoms. The van der Waals surface area contributed by atoms with E-state index < -0.39 is 10.0 Å². The van der Waals surface area contributed by atoms with Crippen LogP contribution in [0.25, 0.3) is 0 Å². The first-order chi connectivity index (χ1) is 11.0. The summed E-state index contributed by atoms with van der Waals surface area (Å²) in [5, 5.41) is 7.20. The molecule has 0 bridgehead atoms. The lowest BCUT2D eigenvalue weighted by Gasteiger charge is -2.15. The molecule has 0 radical (unpaired) electrons. The number of nitrogens with one attached hydrogen (secondary N) is 3. The van der Waals surface area contributed by atoms with Crippen LogP contribution < -0.4 is 15.4 Å². The van der Waals surface area contributed by atoms with Crippen LogP contribution in [0.1, 0.15) is 18.4 Å². The van der Waals surface area contributed by atoms with E-state index >= 15 is 0 Å². The van der Waals surface area contributed by atoms with E-state index in [1.807, 2.05) is 17.8 Å². The van der Waals surface area contributed by atoms with Crippen molar-refractivity contribution in [1.29, 1.82) is 0 Å². The van der Waals surface area contributed by atoms with Gasteiger partial charge in [0.2, 0.25) is 10.0 Å².